The highest BCUT2D eigenvalue weighted by Gasteiger charge is 2.17. The Bertz CT molecular complexity index is 726. The van der Waals surface area contributed by atoms with Crippen molar-refractivity contribution in [1.82, 2.24) is 10.2 Å². The Kier molecular flexibility index (Phi) is 6.76. The first-order valence-corrected chi connectivity index (χ1v) is 9.34. The highest BCUT2D eigenvalue weighted by Crippen LogP contribution is 2.16. The average Bonchev–Trinajstić information content (AvgIpc) is 2.69. The monoisotopic (exact) mass is 373 g/mol. The Hall–Kier alpha value is -2.47. The maximum atomic E-state index is 13.0. The highest BCUT2D eigenvalue weighted by atomic mass is 19.1. The van der Waals surface area contributed by atoms with E-state index in [0.717, 1.165) is 44.0 Å². The van der Waals surface area contributed by atoms with E-state index in [1.807, 2.05) is 0 Å². The van der Waals surface area contributed by atoms with Crippen LogP contribution in [0, 0.1) is 11.6 Å². The van der Waals surface area contributed by atoms with Crippen LogP contribution in [0.5, 0.6) is 0 Å². The average molecular weight is 373 g/mol. The quantitative estimate of drug-likeness (QED) is 0.811. The first-order valence-electron chi connectivity index (χ1n) is 9.34. The van der Waals surface area contributed by atoms with Crippen LogP contribution in [-0.4, -0.2) is 50.1 Å². The van der Waals surface area contributed by atoms with Crippen molar-refractivity contribution in [2.75, 3.05) is 44.2 Å². The molecular formula is C21H25F2N3O. The number of carbonyl (C=O) groups is 1. The number of piperazine rings is 1. The zero-order chi connectivity index (χ0) is 19.1. The molecule has 0 radical (unpaired) electrons. The molecule has 0 unspecified atom stereocenters. The Labute approximate surface area is 158 Å². The van der Waals surface area contributed by atoms with Crippen LogP contribution in [0.4, 0.5) is 14.5 Å². The van der Waals surface area contributed by atoms with Crippen molar-refractivity contribution in [2.24, 2.45) is 0 Å². The Morgan fingerprint density at radius 2 is 1.48 bits per heavy atom. The largest absolute Gasteiger partial charge is 0.369 e. The summed E-state index contributed by atoms with van der Waals surface area (Å²) in [6, 6.07) is 12.9. The molecule has 3 rings (SSSR count). The number of rotatable bonds is 7. The molecule has 4 nitrogen and oxygen atoms in total. The highest BCUT2D eigenvalue weighted by molar-refractivity contribution is 5.76. The Balaban J connectivity index is 1.31. The lowest BCUT2D eigenvalue weighted by Crippen LogP contribution is -2.47. The van der Waals surface area contributed by atoms with E-state index in [2.05, 4.69) is 15.1 Å². The van der Waals surface area contributed by atoms with Crippen LogP contribution in [0.2, 0.25) is 0 Å². The van der Waals surface area contributed by atoms with Crippen LogP contribution in [0.1, 0.15) is 12.0 Å². The van der Waals surface area contributed by atoms with E-state index in [9.17, 15) is 13.6 Å². The third-order valence-electron chi connectivity index (χ3n) is 4.87. The fourth-order valence-corrected chi connectivity index (χ4v) is 3.23. The molecule has 1 amide bonds. The fraction of sp³-hybridized carbons (Fsp3) is 0.381. The van der Waals surface area contributed by atoms with Crippen LogP contribution >= 0.6 is 0 Å². The first-order chi connectivity index (χ1) is 13.1. The molecule has 1 saturated heterocycles. The van der Waals surface area contributed by atoms with Crippen LogP contribution < -0.4 is 10.2 Å². The van der Waals surface area contributed by atoms with Gasteiger partial charge in [0.15, 0.2) is 0 Å². The molecule has 144 valence electrons. The maximum absolute atomic E-state index is 13.0. The Morgan fingerprint density at radius 1 is 0.889 bits per heavy atom. The SMILES string of the molecule is O=C(CCN1CCN(c2ccc(F)cc2)CC1)NCCc1ccc(F)cc1. The van der Waals surface area contributed by atoms with E-state index in [-0.39, 0.29) is 17.5 Å². The first kappa shape index (κ1) is 19.3. The van der Waals surface area contributed by atoms with E-state index in [1.54, 1.807) is 24.3 Å². The lowest BCUT2D eigenvalue weighted by Gasteiger charge is -2.36. The zero-order valence-corrected chi connectivity index (χ0v) is 15.3. The van der Waals surface area contributed by atoms with Gasteiger partial charge in [-0.25, -0.2) is 8.78 Å². The van der Waals surface area contributed by atoms with Crippen LogP contribution in [0.15, 0.2) is 48.5 Å². The van der Waals surface area contributed by atoms with Gasteiger partial charge in [0.2, 0.25) is 5.91 Å². The van der Waals surface area contributed by atoms with Gasteiger partial charge in [0.1, 0.15) is 11.6 Å². The molecule has 0 aromatic heterocycles. The molecule has 2 aromatic rings. The van der Waals surface area contributed by atoms with Crippen LogP contribution in [-0.2, 0) is 11.2 Å². The van der Waals surface area contributed by atoms with Gasteiger partial charge in [-0.05, 0) is 48.4 Å². The van der Waals surface area contributed by atoms with Crippen molar-refractivity contribution in [3.8, 4) is 0 Å². The Morgan fingerprint density at radius 3 is 2.11 bits per heavy atom. The molecule has 6 heteroatoms. The molecule has 1 heterocycles. The van der Waals surface area contributed by atoms with E-state index in [1.165, 1.54) is 24.3 Å². The molecule has 1 aliphatic heterocycles. The van der Waals surface area contributed by atoms with Crippen molar-refractivity contribution in [3.63, 3.8) is 0 Å². The van der Waals surface area contributed by atoms with Gasteiger partial charge >= 0.3 is 0 Å². The van der Waals surface area contributed by atoms with E-state index in [4.69, 9.17) is 0 Å². The van der Waals surface area contributed by atoms with Gasteiger partial charge in [-0.15, -0.1) is 0 Å². The second kappa shape index (κ2) is 9.46. The van der Waals surface area contributed by atoms with Crippen molar-refractivity contribution >= 4 is 11.6 Å². The van der Waals surface area contributed by atoms with Gasteiger partial charge in [0.25, 0.3) is 0 Å². The van der Waals surface area contributed by atoms with E-state index < -0.39 is 0 Å². The number of hydrogen-bond donors (Lipinski definition) is 1. The minimum atomic E-state index is -0.248. The number of nitrogens with zero attached hydrogens (tertiary/aromatic N) is 2. The standard InChI is InChI=1S/C21H25F2N3O/c22-18-3-1-17(2-4-18)9-11-24-21(27)10-12-25-13-15-26(16-14-25)20-7-5-19(23)6-8-20/h1-8H,9-16H2,(H,24,27). The topological polar surface area (TPSA) is 35.6 Å². The number of nitrogens with one attached hydrogen (secondary N) is 1. The number of hydrogen-bond acceptors (Lipinski definition) is 3. The van der Waals surface area contributed by atoms with Gasteiger partial charge in [0.05, 0.1) is 0 Å². The molecule has 0 saturated carbocycles. The summed E-state index contributed by atoms with van der Waals surface area (Å²) in [7, 11) is 0. The summed E-state index contributed by atoms with van der Waals surface area (Å²) in [6.45, 7) is 4.82. The van der Waals surface area contributed by atoms with E-state index in [0.29, 0.717) is 19.4 Å². The normalized spacial score (nSPS) is 15.0. The number of anilines is 1. The number of halogens is 2. The number of carbonyl (C=O) groups excluding carboxylic acids is 1. The lowest BCUT2D eigenvalue weighted by molar-refractivity contribution is -0.121. The van der Waals surface area contributed by atoms with Crippen LogP contribution in [0.3, 0.4) is 0 Å². The molecule has 0 atom stereocenters. The van der Waals surface area contributed by atoms with Gasteiger partial charge in [-0.2, -0.15) is 0 Å². The predicted octanol–water partition coefficient (Wildman–Crippen LogP) is 2.84. The smallest absolute Gasteiger partial charge is 0.221 e. The lowest BCUT2D eigenvalue weighted by atomic mass is 10.1. The zero-order valence-electron chi connectivity index (χ0n) is 15.3. The fourth-order valence-electron chi connectivity index (χ4n) is 3.23. The molecule has 2 aromatic carbocycles. The summed E-state index contributed by atoms with van der Waals surface area (Å²) in [4.78, 5) is 16.5. The minimum Gasteiger partial charge on any atom is -0.369 e. The summed E-state index contributed by atoms with van der Waals surface area (Å²) >= 11 is 0. The van der Waals surface area contributed by atoms with Crippen molar-refractivity contribution in [3.05, 3.63) is 65.7 Å². The van der Waals surface area contributed by atoms with Gasteiger partial charge in [-0.1, -0.05) is 12.1 Å². The summed E-state index contributed by atoms with van der Waals surface area (Å²) in [5.41, 5.74) is 2.04. The molecule has 27 heavy (non-hydrogen) atoms. The molecule has 0 bridgehead atoms. The van der Waals surface area contributed by atoms with Crippen molar-refractivity contribution in [2.45, 2.75) is 12.8 Å². The third kappa shape index (κ3) is 6.03. The minimum absolute atomic E-state index is 0.0399. The van der Waals surface area contributed by atoms with Gasteiger partial charge in [-0.3, -0.25) is 9.69 Å². The summed E-state index contributed by atoms with van der Waals surface area (Å²) in [5, 5.41) is 2.92. The second-order valence-corrected chi connectivity index (χ2v) is 6.78. The molecule has 0 aliphatic carbocycles. The molecule has 1 N–H and O–H groups in total. The summed E-state index contributed by atoms with van der Waals surface area (Å²) in [6.07, 6.45) is 1.17. The molecule has 0 spiro atoms. The maximum Gasteiger partial charge on any atom is 0.221 e. The summed E-state index contributed by atoms with van der Waals surface area (Å²) in [5.74, 6) is -0.428. The van der Waals surface area contributed by atoms with Gasteiger partial charge < -0.3 is 10.2 Å². The molecule has 1 fully saturated rings. The van der Waals surface area contributed by atoms with Crippen molar-refractivity contribution in [1.29, 1.82) is 0 Å². The number of benzene rings is 2. The summed E-state index contributed by atoms with van der Waals surface area (Å²) < 4.78 is 25.9. The van der Waals surface area contributed by atoms with Crippen molar-refractivity contribution < 1.29 is 13.6 Å². The van der Waals surface area contributed by atoms with E-state index >= 15 is 0 Å². The predicted molar refractivity (Wildman–Crippen MR) is 103 cm³/mol. The second-order valence-electron chi connectivity index (χ2n) is 6.78. The van der Waals surface area contributed by atoms with Gasteiger partial charge in [0, 0.05) is 51.4 Å². The molecular weight excluding hydrogens is 348 g/mol. The molecule has 1 aliphatic rings. The third-order valence-corrected chi connectivity index (χ3v) is 4.87. The number of amides is 1. The van der Waals surface area contributed by atoms with Crippen LogP contribution in [0.25, 0.3) is 0 Å².